The highest BCUT2D eigenvalue weighted by Crippen LogP contribution is 2.14. The number of halogens is 1. The largest absolute Gasteiger partial charge is 0.472 e. The van der Waals surface area contributed by atoms with Crippen LogP contribution in [-0.4, -0.2) is 16.2 Å². The monoisotopic (exact) mass is 335 g/mol. The highest BCUT2D eigenvalue weighted by atomic mass is 79.9. The van der Waals surface area contributed by atoms with Crippen LogP contribution in [0, 0.1) is 0 Å². The highest BCUT2D eigenvalue weighted by molar-refractivity contribution is 9.10. The first-order valence-electron chi connectivity index (χ1n) is 6.57. The molecule has 0 aliphatic carbocycles. The zero-order valence-electron chi connectivity index (χ0n) is 11.6. The van der Waals surface area contributed by atoms with E-state index in [1.165, 1.54) is 0 Å². The lowest BCUT2D eigenvalue weighted by Gasteiger charge is -2.08. The van der Waals surface area contributed by atoms with Gasteiger partial charge in [0.25, 0.3) is 0 Å². The van der Waals surface area contributed by atoms with Crippen molar-refractivity contribution in [1.29, 1.82) is 0 Å². The number of hydrogen-bond donors (Lipinski definition) is 1. The van der Waals surface area contributed by atoms with Gasteiger partial charge in [0.1, 0.15) is 6.61 Å². The van der Waals surface area contributed by atoms with E-state index in [1.54, 1.807) is 0 Å². The zero-order valence-corrected chi connectivity index (χ0v) is 13.2. The predicted molar refractivity (Wildman–Crippen MR) is 82.5 cm³/mol. The van der Waals surface area contributed by atoms with E-state index >= 15 is 0 Å². The third-order valence-electron chi connectivity index (χ3n) is 2.66. The lowest BCUT2D eigenvalue weighted by atomic mass is 10.2. The van der Waals surface area contributed by atoms with Crippen molar-refractivity contribution in [2.45, 2.75) is 33.0 Å². The summed E-state index contributed by atoms with van der Waals surface area (Å²) in [6, 6.07) is 12.2. The molecule has 0 spiro atoms. The number of hydrogen-bond acceptors (Lipinski definition) is 4. The average molecular weight is 336 g/mol. The molecule has 106 valence electrons. The topological polar surface area (TPSA) is 47.0 Å². The molecule has 4 nitrogen and oxygen atoms in total. The summed E-state index contributed by atoms with van der Waals surface area (Å²) in [6.07, 6.45) is 0. The first-order chi connectivity index (χ1) is 9.63. The van der Waals surface area contributed by atoms with E-state index in [1.807, 2.05) is 36.4 Å². The molecule has 0 atom stereocenters. The molecule has 1 heterocycles. The molecule has 1 aromatic heterocycles. The second-order valence-corrected chi connectivity index (χ2v) is 5.73. The highest BCUT2D eigenvalue weighted by Gasteiger charge is 2.01. The van der Waals surface area contributed by atoms with Crippen LogP contribution in [0.3, 0.4) is 0 Å². The van der Waals surface area contributed by atoms with Crippen LogP contribution in [0.1, 0.15) is 25.1 Å². The minimum atomic E-state index is 0.434. The van der Waals surface area contributed by atoms with Crippen LogP contribution >= 0.6 is 15.9 Å². The van der Waals surface area contributed by atoms with Crippen molar-refractivity contribution in [1.82, 2.24) is 15.5 Å². The van der Waals surface area contributed by atoms with E-state index < -0.39 is 0 Å². The van der Waals surface area contributed by atoms with Gasteiger partial charge in [-0.25, -0.2) is 0 Å². The standard InChI is InChI=1S/C15H18BrN3O/c1-11(2)17-9-14-6-7-15(19-18-14)20-10-12-4-3-5-13(16)8-12/h3-8,11,17H,9-10H2,1-2H3. The molecule has 0 radical (unpaired) electrons. The summed E-state index contributed by atoms with van der Waals surface area (Å²) in [4.78, 5) is 0. The quantitative estimate of drug-likeness (QED) is 0.879. The summed E-state index contributed by atoms with van der Waals surface area (Å²) in [7, 11) is 0. The summed E-state index contributed by atoms with van der Waals surface area (Å²) >= 11 is 3.44. The average Bonchev–Trinajstić information content (AvgIpc) is 2.44. The van der Waals surface area contributed by atoms with Crippen molar-refractivity contribution in [3.8, 4) is 5.88 Å². The maximum atomic E-state index is 5.61. The van der Waals surface area contributed by atoms with Crippen molar-refractivity contribution in [2.24, 2.45) is 0 Å². The summed E-state index contributed by atoms with van der Waals surface area (Å²) in [5, 5.41) is 11.5. The third kappa shape index (κ3) is 4.90. The van der Waals surface area contributed by atoms with Crippen molar-refractivity contribution in [2.75, 3.05) is 0 Å². The molecule has 0 saturated carbocycles. The van der Waals surface area contributed by atoms with Gasteiger partial charge in [0.2, 0.25) is 5.88 Å². The fourth-order valence-corrected chi connectivity index (χ4v) is 2.06. The molecule has 2 aromatic rings. The van der Waals surface area contributed by atoms with Gasteiger partial charge in [0, 0.05) is 23.1 Å². The van der Waals surface area contributed by atoms with Crippen LogP contribution in [0.4, 0.5) is 0 Å². The van der Waals surface area contributed by atoms with E-state index in [9.17, 15) is 0 Å². The van der Waals surface area contributed by atoms with Gasteiger partial charge in [-0.2, -0.15) is 5.10 Å². The molecular weight excluding hydrogens is 318 g/mol. The molecule has 1 N–H and O–H groups in total. The van der Waals surface area contributed by atoms with E-state index in [0.717, 1.165) is 22.3 Å². The zero-order chi connectivity index (χ0) is 14.4. The minimum Gasteiger partial charge on any atom is -0.472 e. The Labute approximate surface area is 127 Å². The first kappa shape index (κ1) is 14.9. The molecular formula is C15H18BrN3O. The van der Waals surface area contributed by atoms with Crippen molar-refractivity contribution < 1.29 is 4.74 Å². The molecule has 0 fully saturated rings. The van der Waals surface area contributed by atoms with Crippen molar-refractivity contribution >= 4 is 15.9 Å². The van der Waals surface area contributed by atoms with Gasteiger partial charge in [-0.05, 0) is 23.8 Å². The SMILES string of the molecule is CC(C)NCc1ccc(OCc2cccc(Br)c2)nn1. The lowest BCUT2D eigenvalue weighted by Crippen LogP contribution is -2.22. The summed E-state index contributed by atoms with van der Waals surface area (Å²) in [6.45, 7) is 5.40. The van der Waals surface area contributed by atoms with Gasteiger partial charge in [-0.1, -0.05) is 41.9 Å². The summed E-state index contributed by atoms with van der Waals surface area (Å²) in [5.41, 5.74) is 2.00. The molecule has 1 aromatic carbocycles. The molecule has 5 heteroatoms. The lowest BCUT2D eigenvalue weighted by molar-refractivity contribution is 0.289. The molecule has 0 saturated heterocycles. The first-order valence-corrected chi connectivity index (χ1v) is 7.36. The molecule has 0 amide bonds. The second kappa shape index (κ2) is 7.36. The molecule has 20 heavy (non-hydrogen) atoms. The van der Waals surface area contributed by atoms with Gasteiger partial charge in [0.15, 0.2) is 0 Å². The van der Waals surface area contributed by atoms with Crippen molar-refractivity contribution in [3.05, 3.63) is 52.1 Å². The van der Waals surface area contributed by atoms with E-state index in [4.69, 9.17) is 4.74 Å². The van der Waals surface area contributed by atoms with Crippen LogP contribution in [0.15, 0.2) is 40.9 Å². The van der Waals surface area contributed by atoms with Gasteiger partial charge < -0.3 is 10.1 Å². The number of aromatic nitrogens is 2. The van der Waals surface area contributed by atoms with Crippen molar-refractivity contribution in [3.63, 3.8) is 0 Å². The maximum Gasteiger partial charge on any atom is 0.233 e. The number of nitrogens with zero attached hydrogens (tertiary/aromatic N) is 2. The Hall–Kier alpha value is -1.46. The predicted octanol–water partition coefficient (Wildman–Crippen LogP) is 3.32. The van der Waals surface area contributed by atoms with Crippen LogP contribution in [0.5, 0.6) is 5.88 Å². The molecule has 0 bridgehead atoms. The summed E-state index contributed by atoms with van der Waals surface area (Å²) in [5.74, 6) is 0.540. The normalized spacial score (nSPS) is 10.8. The van der Waals surface area contributed by atoms with E-state index in [2.05, 4.69) is 45.3 Å². The number of nitrogens with one attached hydrogen (secondary N) is 1. The molecule has 0 aliphatic rings. The number of rotatable bonds is 6. The minimum absolute atomic E-state index is 0.434. The summed E-state index contributed by atoms with van der Waals surface area (Å²) < 4.78 is 6.65. The molecule has 0 unspecified atom stereocenters. The Morgan fingerprint density at radius 2 is 2.05 bits per heavy atom. The van der Waals surface area contributed by atoms with Gasteiger partial charge >= 0.3 is 0 Å². The van der Waals surface area contributed by atoms with Crippen LogP contribution in [-0.2, 0) is 13.2 Å². The van der Waals surface area contributed by atoms with Crippen LogP contribution in [0.2, 0.25) is 0 Å². The Morgan fingerprint density at radius 1 is 1.20 bits per heavy atom. The number of benzene rings is 1. The van der Waals surface area contributed by atoms with Gasteiger partial charge in [-0.15, -0.1) is 5.10 Å². The third-order valence-corrected chi connectivity index (χ3v) is 3.16. The maximum absolute atomic E-state index is 5.61. The van der Waals surface area contributed by atoms with Gasteiger partial charge in [0.05, 0.1) is 5.69 Å². The van der Waals surface area contributed by atoms with E-state index in [-0.39, 0.29) is 0 Å². The van der Waals surface area contributed by atoms with Gasteiger partial charge in [-0.3, -0.25) is 0 Å². The molecule has 0 aliphatic heterocycles. The smallest absolute Gasteiger partial charge is 0.233 e. The molecule has 2 rings (SSSR count). The second-order valence-electron chi connectivity index (χ2n) is 4.82. The Kier molecular flexibility index (Phi) is 5.49. The Bertz CT molecular complexity index is 543. The fraction of sp³-hybridized carbons (Fsp3) is 0.333. The van der Waals surface area contributed by atoms with E-state index in [0.29, 0.717) is 18.5 Å². The van der Waals surface area contributed by atoms with Crippen LogP contribution < -0.4 is 10.1 Å². The van der Waals surface area contributed by atoms with Crippen LogP contribution in [0.25, 0.3) is 0 Å². The number of ether oxygens (including phenoxy) is 1. The fourth-order valence-electron chi connectivity index (χ4n) is 1.61. The Balaban J connectivity index is 1.87. The Morgan fingerprint density at radius 3 is 2.70 bits per heavy atom.